The van der Waals surface area contributed by atoms with Crippen LogP contribution in [0.1, 0.15) is 17.4 Å². The highest BCUT2D eigenvalue weighted by molar-refractivity contribution is 5.92. The second-order valence-corrected chi connectivity index (χ2v) is 5.48. The predicted octanol–water partition coefficient (Wildman–Crippen LogP) is 0.720. The summed E-state index contributed by atoms with van der Waals surface area (Å²) in [6, 6.07) is 5.50. The molecule has 2 heterocycles. The Morgan fingerprint density at radius 1 is 1.29 bits per heavy atom. The van der Waals surface area contributed by atoms with Crippen LogP contribution in [0.15, 0.2) is 30.5 Å². The van der Waals surface area contributed by atoms with Crippen molar-refractivity contribution in [1.29, 1.82) is 0 Å². The van der Waals surface area contributed by atoms with Gasteiger partial charge in [0.1, 0.15) is 5.82 Å². The number of carbonyl (C=O) groups is 2. The molecule has 0 bridgehead atoms. The molecule has 1 saturated heterocycles. The number of amides is 1. The second-order valence-electron chi connectivity index (χ2n) is 5.48. The summed E-state index contributed by atoms with van der Waals surface area (Å²) in [5.41, 5.74) is 0.590. The first kappa shape index (κ1) is 16.1. The molecule has 1 N–H and O–H groups in total. The van der Waals surface area contributed by atoms with Gasteiger partial charge in [-0.15, -0.1) is 5.10 Å². The van der Waals surface area contributed by atoms with Crippen LogP contribution in [0.2, 0.25) is 0 Å². The van der Waals surface area contributed by atoms with Crippen molar-refractivity contribution in [3.63, 3.8) is 0 Å². The van der Waals surface area contributed by atoms with Crippen molar-refractivity contribution in [2.75, 3.05) is 13.1 Å². The van der Waals surface area contributed by atoms with Gasteiger partial charge in [0.2, 0.25) is 0 Å². The van der Waals surface area contributed by atoms with Gasteiger partial charge >= 0.3 is 5.97 Å². The number of morpholine rings is 1. The highest BCUT2D eigenvalue weighted by Gasteiger charge is 2.33. The van der Waals surface area contributed by atoms with E-state index >= 15 is 0 Å². The lowest BCUT2D eigenvalue weighted by Crippen LogP contribution is -2.51. The number of benzene rings is 1. The van der Waals surface area contributed by atoms with Crippen molar-refractivity contribution < 1.29 is 23.8 Å². The normalized spacial score (nSPS) is 20.8. The number of aromatic nitrogens is 3. The van der Waals surface area contributed by atoms with Gasteiger partial charge in [-0.3, -0.25) is 4.79 Å². The minimum absolute atomic E-state index is 0.0537. The van der Waals surface area contributed by atoms with Gasteiger partial charge < -0.3 is 14.7 Å². The highest BCUT2D eigenvalue weighted by atomic mass is 19.1. The van der Waals surface area contributed by atoms with E-state index in [2.05, 4.69) is 10.2 Å². The van der Waals surface area contributed by atoms with Gasteiger partial charge in [-0.05, 0) is 31.2 Å². The van der Waals surface area contributed by atoms with Crippen molar-refractivity contribution in [3.8, 4) is 5.69 Å². The van der Waals surface area contributed by atoms with Crippen LogP contribution in [0, 0.1) is 5.82 Å². The number of halogens is 1. The van der Waals surface area contributed by atoms with Gasteiger partial charge in [-0.2, -0.15) is 9.90 Å². The Labute approximate surface area is 136 Å². The molecule has 0 saturated carbocycles. The van der Waals surface area contributed by atoms with Gasteiger partial charge in [-0.25, -0.2) is 9.18 Å². The minimum atomic E-state index is -1.12. The van der Waals surface area contributed by atoms with Crippen LogP contribution in [-0.2, 0) is 9.53 Å². The fraction of sp³-hybridized carbons (Fsp3) is 0.333. The van der Waals surface area contributed by atoms with Crippen LogP contribution in [0.5, 0.6) is 0 Å². The van der Waals surface area contributed by atoms with Crippen molar-refractivity contribution in [3.05, 3.63) is 42.0 Å². The highest BCUT2D eigenvalue weighted by Crippen LogP contribution is 2.14. The summed E-state index contributed by atoms with van der Waals surface area (Å²) in [5.74, 6) is -1.93. The smallest absolute Gasteiger partial charge is 0.334 e. The summed E-state index contributed by atoms with van der Waals surface area (Å²) in [6.07, 6.45) is -0.164. The molecule has 9 heteroatoms. The molecular formula is C15H15FN4O4. The molecule has 0 radical (unpaired) electrons. The summed E-state index contributed by atoms with van der Waals surface area (Å²) in [5, 5.41) is 17.2. The average Bonchev–Trinajstić information content (AvgIpc) is 3.04. The number of rotatable bonds is 3. The Bertz CT molecular complexity index is 761. The van der Waals surface area contributed by atoms with Crippen molar-refractivity contribution in [2.45, 2.75) is 19.1 Å². The monoisotopic (exact) mass is 334 g/mol. The Kier molecular flexibility index (Phi) is 4.26. The summed E-state index contributed by atoms with van der Waals surface area (Å²) in [7, 11) is 0. The molecule has 1 aromatic heterocycles. The Morgan fingerprint density at radius 3 is 2.67 bits per heavy atom. The summed E-state index contributed by atoms with van der Waals surface area (Å²) in [6.45, 7) is 1.92. The lowest BCUT2D eigenvalue weighted by molar-refractivity contribution is -0.160. The van der Waals surface area contributed by atoms with Gasteiger partial charge in [0.05, 0.1) is 24.5 Å². The number of ether oxygens (including phenoxy) is 1. The molecule has 1 unspecified atom stereocenters. The molecule has 1 aromatic carbocycles. The predicted molar refractivity (Wildman–Crippen MR) is 79.2 cm³/mol. The van der Waals surface area contributed by atoms with Crippen molar-refractivity contribution in [2.24, 2.45) is 0 Å². The number of hydrogen-bond acceptors (Lipinski definition) is 5. The van der Waals surface area contributed by atoms with E-state index in [0.717, 1.165) is 0 Å². The fourth-order valence-electron chi connectivity index (χ4n) is 2.48. The molecule has 0 aliphatic carbocycles. The van der Waals surface area contributed by atoms with Gasteiger partial charge in [-0.1, -0.05) is 0 Å². The van der Waals surface area contributed by atoms with Crippen molar-refractivity contribution in [1.82, 2.24) is 19.9 Å². The number of aliphatic carboxylic acids is 1. The first-order chi connectivity index (χ1) is 11.4. The molecule has 1 aliphatic rings. The molecule has 2 atom stereocenters. The number of nitrogens with zero attached hydrogens (tertiary/aromatic N) is 4. The quantitative estimate of drug-likeness (QED) is 0.888. The molecule has 1 fully saturated rings. The van der Waals surface area contributed by atoms with Crippen molar-refractivity contribution >= 4 is 11.9 Å². The zero-order chi connectivity index (χ0) is 17.3. The van der Waals surface area contributed by atoms with E-state index in [9.17, 15) is 14.0 Å². The molecule has 2 aromatic rings. The third-order valence-corrected chi connectivity index (χ3v) is 3.59. The standard InChI is InChI=1S/C15H15FN4O4/c1-9-7-19(8-13(24-9)15(22)23)14(21)12-6-17-20(18-12)11-4-2-10(16)3-5-11/h2-6,9,13H,7-8H2,1H3,(H,22,23)/t9-,13?/m1/s1. The maximum absolute atomic E-state index is 12.9. The molecule has 8 nitrogen and oxygen atoms in total. The Morgan fingerprint density at radius 2 is 2.00 bits per heavy atom. The second kappa shape index (κ2) is 6.36. The maximum atomic E-state index is 12.9. The van der Waals surface area contributed by atoms with E-state index in [1.54, 1.807) is 6.92 Å². The van der Waals surface area contributed by atoms with Gasteiger partial charge in [0, 0.05) is 6.54 Å². The van der Waals surface area contributed by atoms with E-state index in [-0.39, 0.29) is 24.6 Å². The molecule has 0 spiro atoms. The van der Waals surface area contributed by atoms with Crippen LogP contribution < -0.4 is 0 Å². The number of carbonyl (C=O) groups excluding carboxylic acids is 1. The van der Waals surface area contributed by atoms with Crippen LogP contribution in [-0.4, -0.2) is 62.2 Å². The van der Waals surface area contributed by atoms with Gasteiger partial charge in [0.15, 0.2) is 11.8 Å². The molecule has 1 amide bonds. The van der Waals surface area contributed by atoms with E-state index in [1.165, 1.54) is 40.2 Å². The Hall–Kier alpha value is -2.81. The Balaban J connectivity index is 1.78. The summed E-state index contributed by atoms with van der Waals surface area (Å²) >= 11 is 0. The van der Waals surface area contributed by atoms with E-state index in [4.69, 9.17) is 9.84 Å². The minimum Gasteiger partial charge on any atom is -0.479 e. The fourth-order valence-corrected chi connectivity index (χ4v) is 2.48. The third kappa shape index (κ3) is 3.25. The van der Waals surface area contributed by atoms with Crippen LogP contribution in [0.25, 0.3) is 5.69 Å². The first-order valence-corrected chi connectivity index (χ1v) is 7.30. The lowest BCUT2D eigenvalue weighted by atomic mass is 10.2. The van der Waals surface area contributed by atoms with Crippen LogP contribution >= 0.6 is 0 Å². The molecular weight excluding hydrogens is 319 g/mol. The molecule has 3 rings (SSSR count). The number of carboxylic acids is 1. The van der Waals surface area contributed by atoms with Crippen LogP contribution in [0.4, 0.5) is 4.39 Å². The van der Waals surface area contributed by atoms with E-state index in [0.29, 0.717) is 5.69 Å². The third-order valence-electron chi connectivity index (χ3n) is 3.59. The zero-order valence-corrected chi connectivity index (χ0v) is 12.8. The molecule has 1 aliphatic heterocycles. The average molecular weight is 334 g/mol. The molecule has 126 valence electrons. The van der Waals surface area contributed by atoms with Crippen LogP contribution in [0.3, 0.4) is 0 Å². The number of carboxylic acid groups (broad SMARTS) is 1. The maximum Gasteiger partial charge on any atom is 0.334 e. The van der Waals surface area contributed by atoms with E-state index in [1.807, 2.05) is 0 Å². The largest absolute Gasteiger partial charge is 0.479 e. The zero-order valence-electron chi connectivity index (χ0n) is 12.8. The lowest BCUT2D eigenvalue weighted by Gasteiger charge is -2.34. The molecule has 24 heavy (non-hydrogen) atoms. The summed E-state index contributed by atoms with van der Waals surface area (Å²) < 4.78 is 18.2. The van der Waals surface area contributed by atoms with E-state index < -0.39 is 24.1 Å². The SMILES string of the molecule is C[C@@H]1CN(C(=O)c2cnn(-c3ccc(F)cc3)n2)CC(C(=O)O)O1. The first-order valence-electron chi connectivity index (χ1n) is 7.30. The summed E-state index contributed by atoms with van der Waals surface area (Å²) in [4.78, 5) is 26.2. The number of hydrogen-bond donors (Lipinski definition) is 1. The topological polar surface area (TPSA) is 97.6 Å². The van der Waals surface area contributed by atoms with Gasteiger partial charge in [0.25, 0.3) is 5.91 Å².